The molecule has 0 saturated heterocycles. The predicted octanol–water partition coefficient (Wildman–Crippen LogP) is 3.20. The highest BCUT2D eigenvalue weighted by Crippen LogP contribution is 2.20. The molecule has 0 aliphatic rings. The summed E-state index contributed by atoms with van der Waals surface area (Å²) in [6, 6.07) is 4.11. The van der Waals surface area contributed by atoms with Gasteiger partial charge in [0, 0.05) is 18.3 Å². The van der Waals surface area contributed by atoms with Gasteiger partial charge in [-0.15, -0.1) is 0 Å². The zero-order chi connectivity index (χ0) is 15.2. The zero-order valence-electron chi connectivity index (χ0n) is 13.6. The van der Waals surface area contributed by atoms with E-state index in [2.05, 4.69) is 44.1 Å². The number of aryl methyl sites for hydroxylation is 2. The van der Waals surface area contributed by atoms with Gasteiger partial charge in [0.25, 0.3) is 0 Å². The van der Waals surface area contributed by atoms with Crippen LogP contribution in [0.5, 0.6) is 0 Å². The molecular weight excluding hydrogens is 260 g/mol. The Morgan fingerprint density at radius 1 is 1.19 bits per heavy atom. The van der Waals surface area contributed by atoms with Crippen LogP contribution in [0.15, 0.2) is 18.3 Å². The molecule has 114 valence electrons. The number of hydrogen-bond acceptors (Lipinski definition) is 3. The van der Waals surface area contributed by atoms with E-state index in [1.165, 1.54) is 22.5 Å². The van der Waals surface area contributed by atoms with E-state index in [9.17, 15) is 0 Å². The van der Waals surface area contributed by atoms with Gasteiger partial charge in [-0.1, -0.05) is 20.8 Å². The van der Waals surface area contributed by atoms with Gasteiger partial charge < -0.3 is 5.32 Å². The van der Waals surface area contributed by atoms with Crippen molar-refractivity contribution >= 4 is 0 Å². The van der Waals surface area contributed by atoms with Crippen molar-refractivity contribution in [3.8, 4) is 5.82 Å². The third kappa shape index (κ3) is 3.50. The second-order valence-corrected chi connectivity index (χ2v) is 5.36. The third-order valence-electron chi connectivity index (χ3n) is 3.69. The summed E-state index contributed by atoms with van der Waals surface area (Å²) in [6.07, 6.45) is 4.92. The Morgan fingerprint density at radius 3 is 2.62 bits per heavy atom. The zero-order valence-corrected chi connectivity index (χ0v) is 13.6. The first-order chi connectivity index (χ1) is 10.2. The van der Waals surface area contributed by atoms with E-state index in [0.29, 0.717) is 0 Å². The lowest BCUT2D eigenvalue weighted by molar-refractivity contribution is 0.666. The second kappa shape index (κ2) is 7.36. The largest absolute Gasteiger partial charge is 0.313 e. The molecule has 0 atom stereocenters. The van der Waals surface area contributed by atoms with E-state index < -0.39 is 0 Å². The molecule has 2 heterocycles. The van der Waals surface area contributed by atoms with Crippen LogP contribution in [0.4, 0.5) is 0 Å². The van der Waals surface area contributed by atoms with Gasteiger partial charge in [0.05, 0.1) is 11.4 Å². The highest BCUT2D eigenvalue weighted by Gasteiger charge is 2.16. The number of nitrogens with zero attached hydrogens (tertiary/aromatic N) is 3. The summed E-state index contributed by atoms with van der Waals surface area (Å²) in [7, 11) is 0. The highest BCUT2D eigenvalue weighted by molar-refractivity contribution is 5.35. The number of pyridine rings is 1. The number of aromatic nitrogens is 3. The summed E-state index contributed by atoms with van der Waals surface area (Å²) in [5, 5.41) is 8.31. The molecule has 0 fully saturated rings. The third-order valence-corrected chi connectivity index (χ3v) is 3.69. The Balaban J connectivity index is 2.42. The van der Waals surface area contributed by atoms with Crippen LogP contribution < -0.4 is 5.32 Å². The van der Waals surface area contributed by atoms with Crippen molar-refractivity contribution in [2.45, 2.75) is 53.5 Å². The van der Waals surface area contributed by atoms with E-state index in [1.807, 2.05) is 16.9 Å². The minimum absolute atomic E-state index is 0.895. The van der Waals surface area contributed by atoms with Crippen molar-refractivity contribution in [3.63, 3.8) is 0 Å². The van der Waals surface area contributed by atoms with Crippen molar-refractivity contribution in [3.05, 3.63) is 40.8 Å². The number of nitrogens with one attached hydrogen (secondary N) is 1. The van der Waals surface area contributed by atoms with Gasteiger partial charge in [0.2, 0.25) is 0 Å². The van der Waals surface area contributed by atoms with Crippen LogP contribution in [-0.4, -0.2) is 21.3 Å². The molecule has 0 aliphatic heterocycles. The van der Waals surface area contributed by atoms with E-state index in [0.717, 1.165) is 38.2 Å². The van der Waals surface area contributed by atoms with Gasteiger partial charge in [0.1, 0.15) is 0 Å². The maximum Gasteiger partial charge on any atom is 0.153 e. The molecule has 0 spiro atoms. The Bertz CT molecular complexity index is 586. The van der Waals surface area contributed by atoms with Crippen LogP contribution in [0.2, 0.25) is 0 Å². The summed E-state index contributed by atoms with van der Waals surface area (Å²) in [6.45, 7) is 10.6. The van der Waals surface area contributed by atoms with Crippen molar-refractivity contribution < 1.29 is 0 Å². The second-order valence-electron chi connectivity index (χ2n) is 5.36. The molecule has 0 aromatic carbocycles. The Kier molecular flexibility index (Phi) is 5.51. The maximum absolute atomic E-state index is 4.80. The van der Waals surface area contributed by atoms with Crippen molar-refractivity contribution in [1.82, 2.24) is 20.1 Å². The fourth-order valence-corrected chi connectivity index (χ4v) is 2.60. The minimum Gasteiger partial charge on any atom is -0.313 e. The Morgan fingerprint density at radius 2 is 2.00 bits per heavy atom. The minimum atomic E-state index is 0.895. The van der Waals surface area contributed by atoms with Crippen LogP contribution >= 0.6 is 0 Å². The molecule has 0 amide bonds. The molecular formula is C17H26N4. The van der Waals surface area contributed by atoms with Gasteiger partial charge >= 0.3 is 0 Å². The molecule has 2 rings (SSSR count). The van der Waals surface area contributed by atoms with Gasteiger partial charge in [-0.25, -0.2) is 9.67 Å². The monoisotopic (exact) mass is 286 g/mol. The molecule has 0 radical (unpaired) electrons. The number of hydrogen-bond donors (Lipinski definition) is 1. The van der Waals surface area contributed by atoms with E-state index in [-0.39, 0.29) is 0 Å². The average Bonchev–Trinajstić information content (AvgIpc) is 2.85. The molecule has 0 aliphatic carbocycles. The predicted molar refractivity (Wildman–Crippen MR) is 86.8 cm³/mol. The Hall–Kier alpha value is -1.68. The maximum atomic E-state index is 4.80. The lowest BCUT2D eigenvalue weighted by atomic mass is 10.1. The standard InChI is InChI=1S/C17H26N4/c1-5-9-18-12-14-15(6-2)20-21(16(14)7-3)17-11-13(4)8-10-19-17/h8,10-11,18H,5-7,9,12H2,1-4H3. The van der Waals surface area contributed by atoms with Crippen LogP contribution in [-0.2, 0) is 19.4 Å². The summed E-state index contributed by atoms with van der Waals surface area (Å²) in [5.74, 6) is 0.920. The first-order valence-corrected chi connectivity index (χ1v) is 7.94. The molecule has 2 aromatic rings. The lowest BCUT2D eigenvalue weighted by Crippen LogP contribution is -2.16. The van der Waals surface area contributed by atoms with Gasteiger partial charge in [-0.2, -0.15) is 5.10 Å². The van der Waals surface area contributed by atoms with Crippen molar-refractivity contribution in [2.24, 2.45) is 0 Å². The fraction of sp³-hybridized carbons (Fsp3) is 0.529. The molecule has 4 heteroatoms. The molecule has 2 aromatic heterocycles. The molecule has 21 heavy (non-hydrogen) atoms. The van der Waals surface area contributed by atoms with Gasteiger partial charge in [0.15, 0.2) is 5.82 Å². The fourth-order valence-electron chi connectivity index (χ4n) is 2.60. The average molecular weight is 286 g/mol. The molecule has 0 bridgehead atoms. The summed E-state index contributed by atoms with van der Waals surface area (Å²) in [4.78, 5) is 4.48. The lowest BCUT2D eigenvalue weighted by Gasteiger charge is -2.08. The van der Waals surface area contributed by atoms with E-state index >= 15 is 0 Å². The van der Waals surface area contributed by atoms with E-state index in [1.54, 1.807) is 0 Å². The van der Waals surface area contributed by atoms with Crippen molar-refractivity contribution in [2.75, 3.05) is 6.54 Å². The Labute approximate surface area is 127 Å². The molecule has 4 nitrogen and oxygen atoms in total. The molecule has 0 saturated carbocycles. The quantitative estimate of drug-likeness (QED) is 0.795. The first-order valence-electron chi connectivity index (χ1n) is 7.94. The van der Waals surface area contributed by atoms with E-state index in [4.69, 9.17) is 5.10 Å². The van der Waals surface area contributed by atoms with Crippen LogP contribution in [0, 0.1) is 6.92 Å². The van der Waals surface area contributed by atoms with Crippen LogP contribution in [0.3, 0.4) is 0 Å². The summed E-state index contributed by atoms with van der Waals surface area (Å²) in [5.41, 5.74) is 5.00. The topological polar surface area (TPSA) is 42.7 Å². The molecule has 1 N–H and O–H groups in total. The van der Waals surface area contributed by atoms with Gasteiger partial charge in [-0.05, 0) is 50.4 Å². The normalized spacial score (nSPS) is 11.0. The first kappa shape index (κ1) is 15.7. The SMILES string of the molecule is CCCNCc1c(CC)nn(-c2cc(C)ccn2)c1CC. The summed E-state index contributed by atoms with van der Waals surface area (Å²) < 4.78 is 2.02. The van der Waals surface area contributed by atoms with Gasteiger partial charge in [-0.3, -0.25) is 0 Å². The molecule has 0 unspecified atom stereocenters. The number of rotatable bonds is 7. The summed E-state index contributed by atoms with van der Waals surface area (Å²) >= 11 is 0. The van der Waals surface area contributed by atoms with Crippen LogP contribution in [0.25, 0.3) is 5.82 Å². The van der Waals surface area contributed by atoms with Crippen LogP contribution in [0.1, 0.15) is 49.7 Å². The highest BCUT2D eigenvalue weighted by atomic mass is 15.3. The van der Waals surface area contributed by atoms with Crippen molar-refractivity contribution in [1.29, 1.82) is 0 Å². The smallest absolute Gasteiger partial charge is 0.153 e.